The lowest BCUT2D eigenvalue weighted by Crippen LogP contribution is -2.20. The van der Waals surface area contributed by atoms with E-state index in [2.05, 4.69) is 4.98 Å². The smallest absolute Gasteiger partial charge is 0.397 e. The molecule has 1 aliphatic rings. The van der Waals surface area contributed by atoms with E-state index in [0.717, 1.165) is 0 Å². The fourth-order valence-electron chi connectivity index (χ4n) is 2.27. The van der Waals surface area contributed by atoms with Crippen LogP contribution in [0.4, 0.5) is 5.69 Å². The average Bonchev–Trinajstić information content (AvgIpc) is 2.51. The van der Waals surface area contributed by atoms with Crippen LogP contribution in [0.5, 0.6) is 5.75 Å². The van der Waals surface area contributed by atoms with Crippen molar-refractivity contribution in [3.05, 3.63) is 63.6 Å². The van der Waals surface area contributed by atoms with Gasteiger partial charge < -0.3 is 5.11 Å². The van der Waals surface area contributed by atoms with Gasteiger partial charge in [0.25, 0.3) is 0 Å². The lowest BCUT2D eigenvalue weighted by Gasteiger charge is -2.16. The normalized spacial score (nSPS) is 12.4. The van der Waals surface area contributed by atoms with Crippen LogP contribution < -0.4 is 0 Å². The minimum absolute atomic E-state index is 0.0272. The minimum atomic E-state index is -4.67. The zero-order chi connectivity index (χ0) is 18.1. The molecule has 0 radical (unpaired) electrons. The average molecular weight is 349 g/mol. The summed E-state index contributed by atoms with van der Waals surface area (Å²) in [6.07, 6.45) is 0. The van der Waals surface area contributed by atoms with Crippen LogP contribution in [0.3, 0.4) is 0 Å². The lowest BCUT2D eigenvalue weighted by atomic mass is 9.83. The molecule has 0 unspecified atom stereocenters. The van der Waals surface area contributed by atoms with Crippen LogP contribution in [-0.2, 0) is 10.4 Å². The van der Waals surface area contributed by atoms with Crippen LogP contribution >= 0.6 is 0 Å². The number of phenols is 1. The third-order valence-corrected chi connectivity index (χ3v) is 3.14. The van der Waals surface area contributed by atoms with Crippen LogP contribution in [0.25, 0.3) is 4.98 Å². The van der Waals surface area contributed by atoms with Gasteiger partial charge >= 0.3 is 16.1 Å². The summed E-state index contributed by atoms with van der Waals surface area (Å²) >= 11 is 0. The summed E-state index contributed by atoms with van der Waals surface area (Å²) in [5, 5.41) is 18.7. The van der Waals surface area contributed by atoms with Crippen molar-refractivity contribution in [1.82, 2.24) is 0 Å². The van der Waals surface area contributed by atoms with Crippen molar-refractivity contribution in [2.24, 2.45) is 0 Å². The van der Waals surface area contributed by atoms with Gasteiger partial charge in [-0.15, -0.1) is 0 Å². The fraction of sp³-hybridized carbons (Fsp3) is 0. The van der Waals surface area contributed by atoms with Gasteiger partial charge in [0.05, 0.1) is 5.56 Å². The van der Waals surface area contributed by atoms with Crippen LogP contribution in [0, 0.1) is 5.39 Å². The van der Waals surface area contributed by atoms with Crippen molar-refractivity contribution in [1.29, 1.82) is 5.39 Å². The monoisotopic (exact) mass is 349 g/mol. The Morgan fingerprint density at radius 1 is 0.875 bits per heavy atom. The molecule has 9 nitrogen and oxygen atoms in total. The van der Waals surface area contributed by atoms with Crippen molar-refractivity contribution < 1.29 is 32.2 Å². The van der Waals surface area contributed by atoms with Crippen molar-refractivity contribution in [2.45, 2.75) is 0 Å². The van der Waals surface area contributed by atoms with Gasteiger partial charge in [0, 0.05) is 17.2 Å². The molecule has 0 saturated carbocycles. The Hall–Kier alpha value is -3.13. The van der Waals surface area contributed by atoms with E-state index >= 15 is 0 Å². The van der Waals surface area contributed by atoms with Gasteiger partial charge in [0.15, 0.2) is 10.8 Å². The second kappa shape index (κ2) is 6.17. The Balaban J connectivity index is 0.000000368. The first-order valence-electron chi connectivity index (χ1n) is 6.24. The predicted octanol–water partition coefficient (Wildman–Crippen LogP) is 2.00. The number of carbonyl (C=O) groups is 2. The number of diazo groups is 1. The van der Waals surface area contributed by atoms with Crippen molar-refractivity contribution in [3.8, 4) is 5.75 Å². The molecule has 0 spiro atoms. The standard InChI is InChI=1S/C14H6N2O3.H2O4S/c15-16-9-5-6-10(17)12-11(9)13(18)7-3-1-2-4-8(7)14(12)19;1-5(2,3)4/h1-6H;(H2,1,2,3,4)/p+1. The summed E-state index contributed by atoms with van der Waals surface area (Å²) < 4.78 is 31.6. The van der Waals surface area contributed by atoms with Gasteiger partial charge in [0.2, 0.25) is 11.2 Å². The summed E-state index contributed by atoms with van der Waals surface area (Å²) in [6, 6.07) is 8.87. The zero-order valence-electron chi connectivity index (χ0n) is 11.7. The van der Waals surface area contributed by atoms with Crippen molar-refractivity contribution in [3.63, 3.8) is 0 Å². The molecule has 0 aliphatic heterocycles. The number of hydrogen-bond acceptors (Lipinski definition) is 6. The van der Waals surface area contributed by atoms with Crippen molar-refractivity contribution in [2.75, 3.05) is 0 Å². The number of rotatable bonds is 0. The molecule has 3 rings (SSSR count). The van der Waals surface area contributed by atoms with Crippen molar-refractivity contribution >= 4 is 27.7 Å². The Morgan fingerprint density at radius 2 is 1.33 bits per heavy atom. The van der Waals surface area contributed by atoms with E-state index in [1.54, 1.807) is 12.1 Å². The number of fused-ring (bicyclic) bond motifs is 2. The Morgan fingerprint density at radius 3 is 1.79 bits per heavy atom. The van der Waals surface area contributed by atoms with Gasteiger partial charge in [0.1, 0.15) is 11.3 Å². The first kappa shape index (κ1) is 17.2. The van der Waals surface area contributed by atoms with E-state index in [1.165, 1.54) is 24.3 Å². The first-order chi connectivity index (χ1) is 11.1. The number of ketones is 2. The molecular formula is C14H9N2O7S+. The summed E-state index contributed by atoms with van der Waals surface area (Å²) in [6.45, 7) is 0. The summed E-state index contributed by atoms with van der Waals surface area (Å²) in [5.74, 6) is -1.18. The first-order valence-corrected chi connectivity index (χ1v) is 7.64. The number of hydrogen-bond donors (Lipinski definition) is 3. The quantitative estimate of drug-likeness (QED) is 0.411. The number of benzene rings is 2. The highest BCUT2D eigenvalue weighted by atomic mass is 32.3. The van der Waals surface area contributed by atoms with E-state index in [-0.39, 0.29) is 33.7 Å². The van der Waals surface area contributed by atoms with Gasteiger partial charge in [-0.05, 0) is 6.07 Å². The highest BCUT2D eigenvalue weighted by Gasteiger charge is 2.37. The second-order valence-corrected chi connectivity index (χ2v) is 5.50. The SMILES string of the molecule is N#[N+]c1ccc(O)c2c1C(=O)c1ccccc1C2=O.O=S(=O)(O)O. The van der Waals surface area contributed by atoms with E-state index in [1.807, 2.05) is 0 Å². The van der Waals surface area contributed by atoms with Crippen LogP contribution in [0.1, 0.15) is 31.8 Å². The van der Waals surface area contributed by atoms with Crippen LogP contribution in [-0.4, -0.2) is 34.2 Å². The third kappa shape index (κ3) is 3.28. The summed E-state index contributed by atoms with van der Waals surface area (Å²) in [5.41, 5.74) is 0.284. The largest absolute Gasteiger partial charge is 0.507 e. The van der Waals surface area contributed by atoms with Gasteiger partial charge in [-0.3, -0.25) is 18.7 Å². The topological polar surface area (TPSA) is 157 Å². The number of nitrogens with zero attached hydrogens (tertiary/aromatic N) is 2. The molecular weight excluding hydrogens is 340 g/mol. The van der Waals surface area contributed by atoms with Crippen LogP contribution in [0.15, 0.2) is 36.4 Å². The van der Waals surface area contributed by atoms with Crippen LogP contribution in [0.2, 0.25) is 0 Å². The molecule has 0 saturated heterocycles. The fourth-order valence-corrected chi connectivity index (χ4v) is 2.27. The zero-order valence-corrected chi connectivity index (χ0v) is 12.6. The Labute approximate surface area is 135 Å². The minimum Gasteiger partial charge on any atom is -0.507 e. The molecule has 0 aromatic heterocycles. The maximum absolute atomic E-state index is 12.4. The van der Waals surface area contributed by atoms with E-state index in [0.29, 0.717) is 0 Å². The molecule has 24 heavy (non-hydrogen) atoms. The molecule has 0 atom stereocenters. The maximum Gasteiger partial charge on any atom is 0.397 e. The van der Waals surface area contributed by atoms with Gasteiger partial charge in [-0.2, -0.15) is 8.42 Å². The molecule has 0 amide bonds. The predicted molar refractivity (Wildman–Crippen MR) is 80.3 cm³/mol. The molecule has 122 valence electrons. The van der Waals surface area contributed by atoms with Gasteiger partial charge in [-0.25, -0.2) is 0 Å². The molecule has 2 aromatic carbocycles. The highest BCUT2D eigenvalue weighted by molar-refractivity contribution is 7.79. The summed E-state index contributed by atoms with van der Waals surface area (Å²) in [7, 11) is -4.67. The number of phenolic OH excluding ortho intramolecular Hbond substituents is 1. The Kier molecular flexibility index (Phi) is 4.43. The third-order valence-electron chi connectivity index (χ3n) is 3.14. The molecule has 0 bridgehead atoms. The second-order valence-electron chi connectivity index (χ2n) is 4.61. The molecule has 3 N–H and O–H groups in total. The molecule has 10 heteroatoms. The Bertz CT molecular complexity index is 998. The van der Waals surface area contributed by atoms with E-state index in [9.17, 15) is 14.7 Å². The lowest BCUT2D eigenvalue weighted by molar-refractivity contribution is 0.0977. The molecule has 1 aliphatic carbocycles. The van der Waals surface area contributed by atoms with Gasteiger partial charge in [-0.1, -0.05) is 24.3 Å². The summed E-state index contributed by atoms with van der Waals surface area (Å²) in [4.78, 5) is 27.7. The number of aromatic hydroxyl groups is 1. The molecule has 2 aromatic rings. The highest BCUT2D eigenvalue weighted by Crippen LogP contribution is 2.37. The molecule has 0 heterocycles. The van der Waals surface area contributed by atoms with E-state index in [4.69, 9.17) is 22.9 Å². The molecule has 0 fully saturated rings. The van der Waals surface area contributed by atoms with E-state index < -0.39 is 22.0 Å². The maximum atomic E-state index is 12.4. The number of carbonyl (C=O) groups excluding carboxylic acids is 2.